The quantitative estimate of drug-likeness (QED) is 0.195. The van der Waals surface area contributed by atoms with Crippen LogP contribution in [0.5, 0.6) is 17.2 Å². The van der Waals surface area contributed by atoms with E-state index in [-0.39, 0.29) is 22.8 Å². The molecular weight excluding hydrogens is 460 g/mol. The van der Waals surface area contributed by atoms with Gasteiger partial charge in [0.05, 0.1) is 25.3 Å². The number of ketones is 1. The van der Waals surface area contributed by atoms with E-state index in [1.165, 1.54) is 18.1 Å². The molecule has 1 atom stereocenters. The number of hydrogen-bond donors (Lipinski definition) is 2. The van der Waals surface area contributed by atoms with Crippen molar-refractivity contribution >= 4 is 17.4 Å². The third kappa shape index (κ3) is 5.82. The Balaban J connectivity index is 2.04. The number of Topliss-reactive ketones (excluding diaryl/α,β-unsaturated/α-hetero) is 1. The van der Waals surface area contributed by atoms with E-state index in [9.17, 15) is 19.8 Å². The highest BCUT2D eigenvalue weighted by molar-refractivity contribution is 6.46. The number of aromatic hydroxyl groups is 1. The second-order valence-electron chi connectivity index (χ2n) is 8.68. The van der Waals surface area contributed by atoms with Gasteiger partial charge in [0.1, 0.15) is 11.5 Å². The summed E-state index contributed by atoms with van der Waals surface area (Å²) in [6.07, 6.45) is 1.96. The molecule has 0 aliphatic carbocycles. The SMILES string of the molecule is CCCCOc1ccc(/C(O)=C2\C(=O)C(=O)N(CCN(CC)CC)[C@@H]2c2ccc(O)c(OC)c2)cc1. The van der Waals surface area contributed by atoms with Crippen LogP contribution >= 0.6 is 0 Å². The van der Waals surface area contributed by atoms with Crippen LogP contribution in [0.4, 0.5) is 0 Å². The molecule has 0 unspecified atom stereocenters. The fraction of sp³-hybridized carbons (Fsp3) is 0.429. The van der Waals surface area contributed by atoms with Crippen molar-refractivity contribution in [1.82, 2.24) is 9.80 Å². The summed E-state index contributed by atoms with van der Waals surface area (Å²) in [5.41, 5.74) is 0.978. The van der Waals surface area contributed by atoms with Gasteiger partial charge in [-0.05, 0) is 61.5 Å². The van der Waals surface area contributed by atoms with Gasteiger partial charge < -0.3 is 29.5 Å². The van der Waals surface area contributed by atoms with E-state index in [1.807, 2.05) is 13.8 Å². The fourth-order valence-corrected chi connectivity index (χ4v) is 4.31. The number of likely N-dealkylation sites (tertiary alicyclic amines) is 1. The number of ether oxygens (including phenoxy) is 2. The van der Waals surface area contributed by atoms with Gasteiger partial charge in [0.2, 0.25) is 0 Å². The van der Waals surface area contributed by atoms with Gasteiger partial charge in [-0.1, -0.05) is 33.3 Å². The minimum absolute atomic E-state index is 0.00643. The first kappa shape index (κ1) is 27.1. The molecule has 194 valence electrons. The number of benzene rings is 2. The Labute approximate surface area is 212 Å². The number of unbranched alkanes of at least 4 members (excludes halogenated alkanes) is 1. The fourth-order valence-electron chi connectivity index (χ4n) is 4.31. The van der Waals surface area contributed by atoms with Crippen molar-refractivity contribution in [3.05, 3.63) is 59.2 Å². The lowest BCUT2D eigenvalue weighted by Gasteiger charge is -2.28. The lowest BCUT2D eigenvalue weighted by atomic mass is 9.95. The van der Waals surface area contributed by atoms with Crippen molar-refractivity contribution in [1.29, 1.82) is 0 Å². The number of hydrogen-bond acceptors (Lipinski definition) is 7. The first-order valence-electron chi connectivity index (χ1n) is 12.5. The molecule has 1 heterocycles. The summed E-state index contributed by atoms with van der Waals surface area (Å²) >= 11 is 0. The maximum Gasteiger partial charge on any atom is 0.295 e. The van der Waals surface area contributed by atoms with Crippen LogP contribution in [-0.4, -0.2) is 71.6 Å². The average molecular weight is 497 g/mol. The van der Waals surface area contributed by atoms with E-state index < -0.39 is 17.7 Å². The molecule has 0 aromatic heterocycles. The number of carbonyl (C=O) groups is 2. The molecule has 1 aliphatic rings. The number of methoxy groups -OCH3 is 1. The van der Waals surface area contributed by atoms with E-state index >= 15 is 0 Å². The van der Waals surface area contributed by atoms with E-state index in [1.54, 1.807) is 36.4 Å². The summed E-state index contributed by atoms with van der Waals surface area (Å²) in [6.45, 7) is 9.27. The predicted molar refractivity (Wildman–Crippen MR) is 138 cm³/mol. The molecule has 1 amide bonds. The van der Waals surface area contributed by atoms with Crippen LogP contribution in [0.1, 0.15) is 50.8 Å². The molecule has 0 radical (unpaired) electrons. The van der Waals surface area contributed by atoms with Crippen LogP contribution in [0, 0.1) is 0 Å². The topological polar surface area (TPSA) is 99.5 Å². The Morgan fingerprint density at radius 3 is 2.36 bits per heavy atom. The number of phenolic OH excluding ortho intramolecular Hbond substituents is 1. The Hall–Kier alpha value is -3.52. The van der Waals surface area contributed by atoms with Crippen LogP contribution < -0.4 is 9.47 Å². The van der Waals surface area contributed by atoms with Crippen LogP contribution in [0.3, 0.4) is 0 Å². The van der Waals surface area contributed by atoms with E-state index in [0.717, 1.165) is 25.9 Å². The van der Waals surface area contributed by atoms with Crippen LogP contribution in [0.15, 0.2) is 48.0 Å². The summed E-state index contributed by atoms with van der Waals surface area (Å²) in [4.78, 5) is 30.0. The number of nitrogens with zero attached hydrogens (tertiary/aromatic N) is 2. The summed E-state index contributed by atoms with van der Waals surface area (Å²) < 4.78 is 11.0. The van der Waals surface area contributed by atoms with Gasteiger partial charge in [-0.15, -0.1) is 0 Å². The van der Waals surface area contributed by atoms with Crippen molar-refractivity contribution in [2.24, 2.45) is 0 Å². The third-order valence-electron chi connectivity index (χ3n) is 6.51. The number of amides is 1. The second-order valence-corrected chi connectivity index (χ2v) is 8.68. The summed E-state index contributed by atoms with van der Waals surface area (Å²) in [6, 6.07) is 10.7. The molecule has 1 aliphatic heterocycles. The molecule has 3 rings (SSSR count). The Kier molecular flexibility index (Phi) is 9.36. The molecule has 36 heavy (non-hydrogen) atoms. The standard InChI is InChI=1S/C28H36N2O6/c1-5-8-17-36-21-12-9-19(10-13-21)26(32)24-25(20-11-14-22(31)23(18-20)35-4)30(28(34)27(24)33)16-15-29(6-2)7-3/h9-14,18,25,31-32H,5-8,15-17H2,1-4H3/b26-24+/t25-/m1/s1. The molecule has 2 N–H and O–H groups in total. The predicted octanol–water partition coefficient (Wildman–Crippen LogP) is 4.34. The lowest BCUT2D eigenvalue weighted by Crippen LogP contribution is -2.38. The molecule has 8 heteroatoms. The van der Waals surface area contributed by atoms with E-state index in [2.05, 4.69) is 11.8 Å². The number of phenols is 1. The van der Waals surface area contributed by atoms with Crippen molar-refractivity contribution in [2.45, 2.75) is 39.7 Å². The van der Waals surface area contributed by atoms with Gasteiger partial charge >= 0.3 is 0 Å². The summed E-state index contributed by atoms with van der Waals surface area (Å²) in [5, 5.41) is 21.4. The van der Waals surface area contributed by atoms with Crippen LogP contribution in [0.2, 0.25) is 0 Å². The number of aliphatic hydroxyl groups excluding tert-OH is 1. The molecule has 8 nitrogen and oxygen atoms in total. The van der Waals surface area contributed by atoms with Gasteiger partial charge in [-0.25, -0.2) is 0 Å². The van der Waals surface area contributed by atoms with Crippen molar-refractivity contribution < 1.29 is 29.3 Å². The summed E-state index contributed by atoms with van der Waals surface area (Å²) in [7, 11) is 1.43. The smallest absolute Gasteiger partial charge is 0.295 e. The zero-order chi connectivity index (χ0) is 26.2. The largest absolute Gasteiger partial charge is 0.507 e. The molecule has 2 aromatic rings. The average Bonchev–Trinajstić information content (AvgIpc) is 3.14. The maximum absolute atomic E-state index is 13.2. The third-order valence-corrected chi connectivity index (χ3v) is 6.51. The van der Waals surface area contributed by atoms with Gasteiger partial charge in [-0.2, -0.15) is 0 Å². The molecule has 2 aromatic carbocycles. The van der Waals surface area contributed by atoms with Gasteiger partial charge in [0.15, 0.2) is 11.5 Å². The molecule has 1 fully saturated rings. The maximum atomic E-state index is 13.2. The zero-order valence-electron chi connectivity index (χ0n) is 21.5. The van der Waals surface area contributed by atoms with Gasteiger partial charge in [0, 0.05) is 18.7 Å². The minimum Gasteiger partial charge on any atom is -0.507 e. The van der Waals surface area contributed by atoms with E-state index in [0.29, 0.717) is 36.6 Å². The Morgan fingerprint density at radius 1 is 1.06 bits per heavy atom. The highest BCUT2D eigenvalue weighted by atomic mass is 16.5. The van der Waals surface area contributed by atoms with Gasteiger partial charge in [0.25, 0.3) is 11.7 Å². The lowest BCUT2D eigenvalue weighted by molar-refractivity contribution is -0.140. The molecule has 1 saturated heterocycles. The normalized spacial score (nSPS) is 17.1. The zero-order valence-corrected chi connectivity index (χ0v) is 21.5. The van der Waals surface area contributed by atoms with Gasteiger partial charge in [-0.3, -0.25) is 9.59 Å². The first-order valence-corrected chi connectivity index (χ1v) is 12.5. The van der Waals surface area contributed by atoms with Crippen molar-refractivity contribution in [3.8, 4) is 17.2 Å². The highest BCUT2D eigenvalue weighted by Crippen LogP contribution is 2.41. The van der Waals surface area contributed by atoms with Crippen molar-refractivity contribution in [2.75, 3.05) is 39.9 Å². The molecule has 0 saturated carbocycles. The number of aliphatic hydroxyl groups is 1. The van der Waals surface area contributed by atoms with Crippen LogP contribution in [0.25, 0.3) is 5.76 Å². The van der Waals surface area contributed by atoms with Crippen LogP contribution in [-0.2, 0) is 9.59 Å². The Bertz CT molecular complexity index is 1090. The number of likely N-dealkylation sites (N-methyl/N-ethyl adjacent to an activating group) is 1. The monoisotopic (exact) mass is 496 g/mol. The number of carbonyl (C=O) groups excluding carboxylic acids is 2. The highest BCUT2D eigenvalue weighted by Gasteiger charge is 2.46. The number of rotatable bonds is 12. The minimum atomic E-state index is -0.824. The molecule has 0 spiro atoms. The first-order chi connectivity index (χ1) is 17.4. The second kappa shape index (κ2) is 12.4. The van der Waals surface area contributed by atoms with Crippen molar-refractivity contribution in [3.63, 3.8) is 0 Å². The molecule has 0 bridgehead atoms. The Morgan fingerprint density at radius 2 is 1.75 bits per heavy atom. The molecular formula is C28H36N2O6. The van der Waals surface area contributed by atoms with E-state index in [4.69, 9.17) is 9.47 Å². The summed E-state index contributed by atoms with van der Waals surface area (Å²) in [5.74, 6) is -0.835.